The number of rotatable bonds is 13. The summed E-state index contributed by atoms with van der Waals surface area (Å²) in [6.45, 7) is 2.83. The van der Waals surface area contributed by atoms with Crippen molar-refractivity contribution in [2.75, 3.05) is 51.2 Å². The molecule has 0 aliphatic carbocycles. The Morgan fingerprint density at radius 1 is 1.20 bits per heavy atom. The second-order valence-corrected chi connectivity index (χ2v) is 12.9. The molecule has 5 rings (SSSR count). The standard InChI is InChI=1S/C27H33N5O7S2/c1-36-13-3-15-41(34,35)21-7-5-18(6-8-21)24(32-39-20-11-14-37-17-20)25(33)31-27-29-22-9-10-23(30-26(22)40-27)38-16-19-4-2-12-28-19/h5-10,19-20,28H,2-4,11-17H2,1H3,(H,29,31,33)/b32-24+/t19-,20+/m0/s1. The maximum Gasteiger partial charge on any atom is 0.280 e. The molecule has 2 aromatic heterocycles. The molecule has 0 bridgehead atoms. The fourth-order valence-corrected chi connectivity index (χ4v) is 6.56. The average Bonchev–Trinajstić information content (AvgIpc) is 3.75. The van der Waals surface area contributed by atoms with Gasteiger partial charge in [-0.1, -0.05) is 28.6 Å². The molecule has 220 valence electrons. The number of pyridine rings is 1. The molecule has 2 aliphatic heterocycles. The molecule has 2 atom stereocenters. The van der Waals surface area contributed by atoms with E-state index in [1.807, 2.05) is 0 Å². The second kappa shape index (κ2) is 13.7. The predicted molar refractivity (Wildman–Crippen MR) is 154 cm³/mol. The topological polar surface area (TPSA) is 150 Å². The number of sulfone groups is 1. The third kappa shape index (κ3) is 7.77. The number of hydrogen-bond acceptors (Lipinski definition) is 12. The van der Waals surface area contributed by atoms with Crippen LogP contribution in [0.15, 0.2) is 46.4 Å². The number of hydrogen-bond donors (Lipinski definition) is 2. The lowest BCUT2D eigenvalue weighted by atomic mass is 10.1. The van der Waals surface area contributed by atoms with E-state index in [1.165, 1.54) is 30.6 Å². The number of oxime groups is 1. The first-order valence-electron chi connectivity index (χ1n) is 13.5. The molecule has 1 amide bonds. The Bertz CT molecular complexity index is 1460. The van der Waals surface area contributed by atoms with Gasteiger partial charge in [-0.25, -0.2) is 18.4 Å². The monoisotopic (exact) mass is 603 g/mol. The average molecular weight is 604 g/mol. The maximum absolute atomic E-state index is 13.4. The van der Waals surface area contributed by atoms with Gasteiger partial charge >= 0.3 is 0 Å². The van der Waals surface area contributed by atoms with Crippen LogP contribution < -0.4 is 15.4 Å². The fourth-order valence-electron chi connectivity index (χ4n) is 4.46. The number of carbonyl (C=O) groups is 1. The molecule has 2 N–H and O–H groups in total. The van der Waals surface area contributed by atoms with Crippen molar-refractivity contribution in [1.29, 1.82) is 0 Å². The molecule has 0 radical (unpaired) electrons. The van der Waals surface area contributed by atoms with Crippen molar-refractivity contribution in [1.82, 2.24) is 15.3 Å². The smallest absolute Gasteiger partial charge is 0.280 e. The van der Waals surface area contributed by atoms with Crippen LogP contribution in [0.2, 0.25) is 0 Å². The summed E-state index contributed by atoms with van der Waals surface area (Å²) in [5.41, 5.74) is 1.01. The Kier molecular flexibility index (Phi) is 9.77. The van der Waals surface area contributed by atoms with Gasteiger partial charge in [0.25, 0.3) is 5.91 Å². The van der Waals surface area contributed by atoms with E-state index in [0.717, 1.165) is 19.4 Å². The van der Waals surface area contributed by atoms with E-state index in [1.54, 1.807) is 24.3 Å². The van der Waals surface area contributed by atoms with Gasteiger partial charge in [-0.2, -0.15) is 0 Å². The largest absolute Gasteiger partial charge is 0.476 e. The number of aromatic nitrogens is 2. The summed E-state index contributed by atoms with van der Waals surface area (Å²) >= 11 is 1.21. The van der Waals surface area contributed by atoms with Crippen molar-refractivity contribution in [3.8, 4) is 5.88 Å². The Hall–Kier alpha value is -3.17. The van der Waals surface area contributed by atoms with Crippen LogP contribution in [0.25, 0.3) is 10.3 Å². The highest BCUT2D eigenvalue weighted by Gasteiger charge is 2.23. The Morgan fingerprint density at radius 2 is 2.05 bits per heavy atom. The highest BCUT2D eigenvalue weighted by atomic mass is 32.2. The van der Waals surface area contributed by atoms with Crippen molar-refractivity contribution >= 4 is 48.3 Å². The van der Waals surface area contributed by atoms with E-state index in [9.17, 15) is 13.2 Å². The first-order chi connectivity index (χ1) is 19.9. The summed E-state index contributed by atoms with van der Waals surface area (Å²) < 4.78 is 41.4. The quantitative estimate of drug-likeness (QED) is 0.170. The van der Waals surface area contributed by atoms with Gasteiger partial charge in [-0.05, 0) is 44.0 Å². The number of benzene rings is 1. The van der Waals surface area contributed by atoms with Gasteiger partial charge in [0.1, 0.15) is 17.0 Å². The van der Waals surface area contributed by atoms with E-state index in [0.29, 0.717) is 72.2 Å². The molecule has 14 heteroatoms. The number of nitrogens with one attached hydrogen (secondary N) is 2. The van der Waals surface area contributed by atoms with E-state index < -0.39 is 15.7 Å². The van der Waals surface area contributed by atoms with Crippen molar-refractivity contribution < 1.29 is 32.3 Å². The normalized spacial score (nSPS) is 19.5. The minimum absolute atomic E-state index is 0.0134. The van der Waals surface area contributed by atoms with Crippen LogP contribution in [-0.2, 0) is 28.9 Å². The lowest BCUT2D eigenvalue weighted by Crippen LogP contribution is -2.28. The summed E-state index contributed by atoms with van der Waals surface area (Å²) in [7, 11) is -1.97. The molecule has 41 heavy (non-hydrogen) atoms. The number of anilines is 1. The second-order valence-electron chi connectivity index (χ2n) is 9.77. The van der Waals surface area contributed by atoms with Crippen molar-refractivity contribution in [3.05, 3.63) is 42.0 Å². The first kappa shape index (κ1) is 29.3. The van der Waals surface area contributed by atoms with Crippen LogP contribution >= 0.6 is 11.3 Å². The highest BCUT2D eigenvalue weighted by Crippen LogP contribution is 2.27. The summed E-state index contributed by atoms with van der Waals surface area (Å²) in [5.74, 6) is -0.0932. The van der Waals surface area contributed by atoms with Crippen LogP contribution in [-0.4, -0.2) is 88.0 Å². The fraction of sp³-hybridized carbons (Fsp3) is 0.481. The summed E-state index contributed by atoms with van der Waals surface area (Å²) in [6, 6.07) is 9.89. The van der Waals surface area contributed by atoms with Crippen molar-refractivity contribution in [3.63, 3.8) is 0 Å². The van der Waals surface area contributed by atoms with Gasteiger partial charge in [0.2, 0.25) is 5.88 Å². The molecule has 0 unspecified atom stereocenters. The van der Waals surface area contributed by atoms with E-state index in [4.69, 9.17) is 19.0 Å². The third-order valence-electron chi connectivity index (χ3n) is 6.69. The molecule has 4 heterocycles. The molecular weight excluding hydrogens is 570 g/mol. The molecule has 3 aromatic rings. The number of methoxy groups -OCH3 is 1. The Balaban J connectivity index is 1.31. The van der Waals surface area contributed by atoms with Gasteiger partial charge in [-0.15, -0.1) is 0 Å². The third-order valence-corrected chi connectivity index (χ3v) is 9.39. The SMILES string of the molecule is COCCCS(=O)(=O)c1ccc(/C(=N\O[C@@H]2CCOC2)C(=O)Nc2nc3ccc(OC[C@@H]4CCCN4)nc3s2)cc1. The Labute approximate surface area is 242 Å². The maximum atomic E-state index is 13.4. The molecule has 0 spiro atoms. The van der Waals surface area contributed by atoms with Gasteiger partial charge in [0.05, 0.1) is 23.9 Å². The molecule has 2 fully saturated rings. The van der Waals surface area contributed by atoms with Crippen LogP contribution in [0.4, 0.5) is 5.13 Å². The number of nitrogens with zero attached hydrogens (tertiary/aromatic N) is 3. The summed E-state index contributed by atoms with van der Waals surface area (Å²) in [5, 5.41) is 10.7. The molecule has 2 aliphatic rings. The number of fused-ring (bicyclic) bond motifs is 1. The van der Waals surface area contributed by atoms with Gasteiger partial charge in [-0.3, -0.25) is 10.1 Å². The molecule has 0 saturated carbocycles. The number of ether oxygens (including phenoxy) is 3. The van der Waals surface area contributed by atoms with Crippen molar-refractivity contribution in [2.45, 2.75) is 42.7 Å². The first-order valence-corrected chi connectivity index (χ1v) is 16.0. The predicted octanol–water partition coefficient (Wildman–Crippen LogP) is 2.78. The van der Waals surface area contributed by atoms with Crippen LogP contribution in [0.3, 0.4) is 0 Å². The van der Waals surface area contributed by atoms with E-state index in [2.05, 4.69) is 25.8 Å². The zero-order valence-electron chi connectivity index (χ0n) is 22.7. The highest BCUT2D eigenvalue weighted by molar-refractivity contribution is 7.91. The molecule has 12 nitrogen and oxygen atoms in total. The van der Waals surface area contributed by atoms with Crippen molar-refractivity contribution in [2.24, 2.45) is 5.16 Å². The molecular formula is C27H33N5O7S2. The van der Waals surface area contributed by atoms with Gasteiger partial charge in [0, 0.05) is 37.8 Å². The van der Waals surface area contributed by atoms with E-state index >= 15 is 0 Å². The lowest BCUT2D eigenvalue weighted by Gasteiger charge is -2.10. The zero-order valence-corrected chi connectivity index (χ0v) is 24.3. The zero-order chi connectivity index (χ0) is 28.7. The summed E-state index contributed by atoms with van der Waals surface area (Å²) in [4.78, 5) is 28.8. The molecule has 2 saturated heterocycles. The minimum atomic E-state index is -3.49. The van der Waals surface area contributed by atoms with Crippen LogP contribution in [0.1, 0.15) is 31.2 Å². The van der Waals surface area contributed by atoms with Crippen LogP contribution in [0, 0.1) is 0 Å². The van der Waals surface area contributed by atoms with Gasteiger partial charge in [0.15, 0.2) is 26.8 Å². The number of thiazole rings is 1. The number of carbonyl (C=O) groups excluding carboxylic acids is 1. The summed E-state index contributed by atoms with van der Waals surface area (Å²) in [6.07, 6.45) is 2.98. The van der Waals surface area contributed by atoms with Gasteiger partial charge < -0.3 is 24.4 Å². The lowest BCUT2D eigenvalue weighted by molar-refractivity contribution is -0.110. The number of amides is 1. The van der Waals surface area contributed by atoms with Crippen LogP contribution in [0.5, 0.6) is 5.88 Å². The molecule has 1 aromatic carbocycles. The van der Waals surface area contributed by atoms with E-state index in [-0.39, 0.29) is 22.5 Å². The minimum Gasteiger partial charge on any atom is -0.476 e. The Morgan fingerprint density at radius 3 is 2.78 bits per heavy atom.